The predicted molar refractivity (Wildman–Crippen MR) is 115 cm³/mol. The first-order valence-electron chi connectivity index (χ1n) is 9.08. The van der Waals surface area contributed by atoms with Crippen LogP contribution in [0.25, 0.3) is 10.2 Å². The monoisotopic (exact) mass is 435 g/mol. The van der Waals surface area contributed by atoms with Gasteiger partial charge in [0, 0.05) is 31.2 Å². The molecule has 2 aromatic carbocycles. The SMILES string of the molecule is CCOc1cccc2sc(N3CCN(C(=O)c4ccc(Cl)cc4Cl)CC3)nc12. The average Bonchev–Trinajstić information content (AvgIpc) is 3.13. The van der Waals surface area contributed by atoms with Gasteiger partial charge in [-0.15, -0.1) is 0 Å². The number of ether oxygens (including phenoxy) is 1. The third-order valence-electron chi connectivity index (χ3n) is 4.67. The molecule has 2 heterocycles. The van der Waals surface area contributed by atoms with Crippen LogP contribution in [0.5, 0.6) is 5.75 Å². The fraction of sp³-hybridized carbons (Fsp3) is 0.300. The standard InChI is InChI=1S/C20H19Cl2N3O2S/c1-2-27-16-4-3-5-17-18(16)23-20(28-17)25-10-8-24(9-11-25)19(26)14-7-6-13(21)12-15(14)22/h3-7,12H,2,8-11H2,1H3. The van der Waals surface area contributed by atoms with E-state index in [9.17, 15) is 4.79 Å². The molecular formula is C20H19Cl2N3O2S. The molecule has 146 valence electrons. The zero-order valence-corrected chi connectivity index (χ0v) is 17.7. The highest BCUT2D eigenvalue weighted by Crippen LogP contribution is 2.34. The molecule has 1 amide bonds. The molecule has 1 fully saturated rings. The van der Waals surface area contributed by atoms with Crippen molar-refractivity contribution < 1.29 is 9.53 Å². The lowest BCUT2D eigenvalue weighted by atomic mass is 10.2. The largest absolute Gasteiger partial charge is 0.492 e. The molecule has 1 aliphatic rings. The van der Waals surface area contributed by atoms with Gasteiger partial charge in [-0.3, -0.25) is 4.79 Å². The number of benzene rings is 2. The summed E-state index contributed by atoms with van der Waals surface area (Å²) in [7, 11) is 0. The van der Waals surface area contributed by atoms with E-state index in [1.54, 1.807) is 29.5 Å². The Labute approximate surface area is 177 Å². The predicted octanol–water partition coefficient (Wildman–Crippen LogP) is 4.96. The van der Waals surface area contributed by atoms with Crippen LogP contribution < -0.4 is 9.64 Å². The van der Waals surface area contributed by atoms with E-state index < -0.39 is 0 Å². The molecule has 0 spiro atoms. The maximum absolute atomic E-state index is 12.8. The number of rotatable bonds is 4. The second kappa shape index (κ2) is 8.15. The molecule has 8 heteroatoms. The number of hydrogen-bond acceptors (Lipinski definition) is 5. The molecule has 3 aromatic rings. The highest BCUT2D eigenvalue weighted by molar-refractivity contribution is 7.22. The third-order valence-corrected chi connectivity index (χ3v) is 6.30. The minimum Gasteiger partial charge on any atom is -0.492 e. The van der Waals surface area contributed by atoms with E-state index in [4.69, 9.17) is 32.9 Å². The van der Waals surface area contributed by atoms with Crippen molar-refractivity contribution in [2.45, 2.75) is 6.92 Å². The Morgan fingerprint density at radius 1 is 1.18 bits per heavy atom. The van der Waals surface area contributed by atoms with Gasteiger partial charge in [0.25, 0.3) is 5.91 Å². The number of carbonyl (C=O) groups is 1. The number of amides is 1. The van der Waals surface area contributed by atoms with Gasteiger partial charge in [0.15, 0.2) is 5.13 Å². The first-order chi connectivity index (χ1) is 13.6. The van der Waals surface area contributed by atoms with Crippen molar-refractivity contribution in [3.8, 4) is 5.75 Å². The Morgan fingerprint density at radius 2 is 1.96 bits per heavy atom. The molecule has 0 unspecified atom stereocenters. The summed E-state index contributed by atoms with van der Waals surface area (Å²) < 4.78 is 6.79. The maximum atomic E-state index is 12.8. The first-order valence-corrected chi connectivity index (χ1v) is 10.7. The molecule has 0 bridgehead atoms. The summed E-state index contributed by atoms with van der Waals surface area (Å²) in [6, 6.07) is 11.0. The molecule has 0 aliphatic carbocycles. The van der Waals surface area contributed by atoms with Gasteiger partial charge in [0.2, 0.25) is 0 Å². The quantitative estimate of drug-likeness (QED) is 0.580. The lowest BCUT2D eigenvalue weighted by Crippen LogP contribution is -2.48. The third kappa shape index (κ3) is 3.77. The number of nitrogens with zero attached hydrogens (tertiary/aromatic N) is 3. The van der Waals surface area contributed by atoms with Crippen molar-refractivity contribution in [1.29, 1.82) is 0 Å². The lowest BCUT2D eigenvalue weighted by molar-refractivity contribution is 0.0747. The molecule has 5 nitrogen and oxygen atoms in total. The smallest absolute Gasteiger partial charge is 0.255 e. The minimum absolute atomic E-state index is 0.0655. The number of aromatic nitrogens is 1. The number of carbonyl (C=O) groups excluding carboxylic acids is 1. The second-order valence-electron chi connectivity index (χ2n) is 6.44. The summed E-state index contributed by atoms with van der Waals surface area (Å²) >= 11 is 13.8. The Morgan fingerprint density at radius 3 is 2.68 bits per heavy atom. The van der Waals surface area contributed by atoms with Gasteiger partial charge in [-0.05, 0) is 37.3 Å². The molecule has 28 heavy (non-hydrogen) atoms. The summed E-state index contributed by atoms with van der Waals surface area (Å²) in [6.07, 6.45) is 0. The minimum atomic E-state index is -0.0655. The van der Waals surface area contributed by atoms with E-state index in [2.05, 4.69) is 11.0 Å². The lowest BCUT2D eigenvalue weighted by Gasteiger charge is -2.34. The van der Waals surface area contributed by atoms with E-state index in [1.807, 2.05) is 24.0 Å². The van der Waals surface area contributed by atoms with Crippen molar-refractivity contribution in [1.82, 2.24) is 9.88 Å². The molecule has 1 saturated heterocycles. The van der Waals surface area contributed by atoms with Crippen LogP contribution in [0.15, 0.2) is 36.4 Å². The first kappa shape index (κ1) is 19.3. The molecule has 0 N–H and O–H groups in total. The molecule has 0 radical (unpaired) electrons. The van der Waals surface area contributed by atoms with Crippen molar-refractivity contribution in [2.24, 2.45) is 0 Å². The van der Waals surface area contributed by atoms with Crippen LogP contribution in [0.2, 0.25) is 10.0 Å². The zero-order chi connectivity index (χ0) is 19.7. The molecular weight excluding hydrogens is 417 g/mol. The van der Waals surface area contributed by atoms with Gasteiger partial charge in [-0.25, -0.2) is 4.98 Å². The topological polar surface area (TPSA) is 45.7 Å². The fourth-order valence-electron chi connectivity index (χ4n) is 3.25. The summed E-state index contributed by atoms with van der Waals surface area (Å²) in [6.45, 7) is 5.26. The van der Waals surface area contributed by atoms with Crippen LogP contribution >= 0.6 is 34.5 Å². The van der Waals surface area contributed by atoms with Crippen molar-refractivity contribution in [3.63, 3.8) is 0 Å². The van der Waals surface area contributed by atoms with Gasteiger partial charge in [-0.2, -0.15) is 0 Å². The van der Waals surface area contributed by atoms with Crippen molar-refractivity contribution in [3.05, 3.63) is 52.0 Å². The van der Waals surface area contributed by atoms with E-state index in [0.717, 1.165) is 34.2 Å². The van der Waals surface area contributed by atoms with Gasteiger partial charge >= 0.3 is 0 Å². The normalized spacial score (nSPS) is 14.5. The van der Waals surface area contributed by atoms with Crippen LogP contribution in [0, 0.1) is 0 Å². The van der Waals surface area contributed by atoms with E-state index in [-0.39, 0.29) is 5.91 Å². The molecule has 4 rings (SSSR count). The molecule has 0 saturated carbocycles. The summed E-state index contributed by atoms with van der Waals surface area (Å²) in [4.78, 5) is 21.6. The van der Waals surface area contributed by atoms with Crippen LogP contribution in [0.4, 0.5) is 5.13 Å². The Balaban J connectivity index is 1.47. The number of anilines is 1. The van der Waals surface area contributed by atoms with Gasteiger partial charge < -0.3 is 14.5 Å². The van der Waals surface area contributed by atoms with Crippen LogP contribution in [-0.4, -0.2) is 48.6 Å². The highest BCUT2D eigenvalue weighted by Gasteiger charge is 2.25. The van der Waals surface area contributed by atoms with E-state index >= 15 is 0 Å². The van der Waals surface area contributed by atoms with Crippen LogP contribution in [-0.2, 0) is 0 Å². The summed E-state index contributed by atoms with van der Waals surface area (Å²) in [5.41, 5.74) is 1.39. The Hall–Kier alpha value is -2.02. The van der Waals surface area contributed by atoms with Crippen molar-refractivity contribution in [2.75, 3.05) is 37.7 Å². The maximum Gasteiger partial charge on any atom is 0.255 e. The highest BCUT2D eigenvalue weighted by atomic mass is 35.5. The molecule has 1 aromatic heterocycles. The van der Waals surface area contributed by atoms with Crippen molar-refractivity contribution >= 4 is 55.8 Å². The second-order valence-corrected chi connectivity index (χ2v) is 8.29. The number of fused-ring (bicyclic) bond motifs is 1. The Kier molecular flexibility index (Phi) is 5.62. The Bertz CT molecular complexity index is 1020. The van der Waals surface area contributed by atoms with Gasteiger partial charge in [-0.1, -0.05) is 40.6 Å². The zero-order valence-electron chi connectivity index (χ0n) is 15.3. The number of hydrogen-bond donors (Lipinski definition) is 0. The summed E-state index contributed by atoms with van der Waals surface area (Å²) in [5.74, 6) is 0.748. The molecule has 0 atom stereocenters. The van der Waals surface area contributed by atoms with E-state index in [0.29, 0.717) is 35.3 Å². The molecule has 1 aliphatic heterocycles. The summed E-state index contributed by atoms with van der Waals surface area (Å²) in [5, 5.41) is 1.86. The van der Waals surface area contributed by atoms with E-state index in [1.165, 1.54) is 0 Å². The van der Waals surface area contributed by atoms with Gasteiger partial charge in [0.1, 0.15) is 11.3 Å². The average molecular weight is 436 g/mol. The number of thiazole rings is 1. The fourth-order valence-corrected chi connectivity index (χ4v) is 4.78. The van der Waals surface area contributed by atoms with Crippen LogP contribution in [0.1, 0.15) is 17.3 Å². The van der Waals surface area contributed by atoms with Crippen LogP contribution in [0.3, 0.4) is 0 Å². The number of para-hydroxylation sites is 1. The van der Waals surface area contributed by atoms with Gasteiger partial charge in [0.05, 0.1) is 21.9 Å². The number of halogens is 2. The number of piperazine rings is 1.